The van der Waals surface area contributed by atoms with E-state index in [0.717, 1.165) is 17.5 Å². The summed E-state index contributed by atoms with van der Waals surface area (Å²) in [6, 6.07) is 20.5. The van der Waals surface area contributed by atoms with Gasteiger partial charge in [-0.2, -0.15) is 0 Å². The van der Waals surface area contributed by atoms with Crippen LogP contribution in [0.15, 0.2) is 71.6 Å². The zero-order valence-corrected chi connectivity index (χ0v) is 18.2. The molecule has 3 aromatic rings. The second-order valence-electron chi connectivity index (χ2n) is 8.23. The van der Waals surface area contributed by atoms with Gasteiger partial charge < -0.3 is 4.90 Å². The van der Waals surface area contributed by atoms with Gasteiger partial charge in [-0.15, -0.1) is 0 Å². The average molecular weight is 433 g/mol. The minimum atomic E-state index is -3.62. The molecule has 3 aromatic carbocycles. The smallest absolute Gasteiger partial charge is 0.264 e. The van der Waals surface area contributed by atoms with Crippen LogP contribution in [0.3, 0.4) is 0 Å². The predicted octanol–water partition coefficient (Wildman–Crippen LogP) is 3.94. The molecule has 0 saturated carbocycles. The van der Waals surface area contributed by atoms with Gasteiger partial charge in [0.15, 0.2) is 0 Å². The second-order valence-corrected chi connectivity index (χ2v) is 10.1. The van der Waals surface area contributed by atoms with Gasteiger partial charge in [0.05, 0.1) is 10.6 Å². The standard InChI is InChI=1S/C25H24N2O3S/c1-18-6-9-23(10-7-18)31(29,30)27-15-13-20-16-21(8-11-24(20)27)25(28)26-14-12-19-4-2-3-5-22(19)17-26/h2-11,16H,12-15,17H2,1H3. The molecule has 0 unspecified atom stereocenters. The Balaban J connectivity index is 1.39. The molecule has 5 rings (SSSR count). The minimum Gasteiger partial charge on any atom is -0.334 e. The van der Waals surface area contributed by atoms with Crippen LogP contribution in [0.1, 0.15) is 32.6 Å². The van der Waals surface area contributed by atoms with Gasteiger partial charge in [-0.1, -0.05) is 42.0 Å². The van der Waals surface area contributed by atoms with Crippen LogP contribution in [0.4, 0.5) is 5.69 Å². The number of aryl methyl sites for hydroxylation is 1. The number of benzene rings is 3. The molecule has 1 amide bonds. The lowest BCUT2D eigenvalue weighted by molar-refractivity contribution is 0.0734. The molecule has 0 N–H and O–H groups in total. The van der Waals surface area contributed by atoms with E-state index >= 15 is 0 Å². The van der Waals surface area contributed by atoms with E-state index < -0.39 is 10.0 Å². The maximum absolute atomic E-state index is 13.1. The molecule has 0 atom stereocenters. The van der Waals surface area contributed by atoms with Gasteiger partial charge in [-0.25, -0.2) is 8.42 Å². The lowest BCUT2D eigenvalue weighted by Crippen LogP contribution is -2.36. The topological polar surface area (TPSA) is 57.7 Å². The Morgan fingerprint density at radius 3 is 2.32 bits per heavy atom. The first-order valence-corrected chi connectivity index (χ1v) is 12.0. The van der Waals surface area contributed by atoms with Crippen molar-refractivity contribution < 1.29 is 13.2 Å². The summed E-state index contributed by atoms with van der Waals surface area (Å²) in [5.74, 6) is -0.00264. The fourth-order valence-corrected chi connectivity index (χ4v) is 5.95. The molecule has 31 heavy (non-hydrogen) atoms. The van der Waals surface area contributed by atoms with Crippen LogP contribution in [0, 0.1) is 6.92 Å². The third-order valence-electron chi connectivity index (χ3n) is 6.21. The Bertz CT molecular complexity index is 1270. The van der Waals surface area contributed by atoms with Crippen molar-refractivity contribution in [2.24, 2.45) is 0 Å². The van der Waals surface area contributed by atoms with Gasteiger partial charge in [0, 0.05) is 25.2 Å². The first-order chi connectivity index (χ1) is 14.9. The van der Waals surface area contributed by atoms with E-state index in [1.54, 1.807) is 24.3 Å². The first-order valence-electron chi connectivity index (χ1n) is 10.5. The average Bonchev–Trinajstić information content (AvgIpc) is 3.23. The van der Waals surface area contributed by atoms with Gasteiger partial charge in [0.25, 0.3) is 15.9 Å². The van der Waals surface area contributed by atoms with Crippen molar-refractivity contribution in [2.75, 3.05) is 17.4 Å². The number of hydrogen-bond donors (Lipinski definition) is 0. The molecule has 0 bridgehead atoms. The minimum absolute atomic E-state index is 0.00264. The van der Waals surface area contributed by atoms with Crippen LogP contribution in [-0.4, -0.2) is 32.3 Å². The Morgan fingerprint density at radius 1 is 0.839 bits per heavy atom. The normalized spacial score (nSPS) is 15.5. The van der Waals surface area contributed by atoms with Gasteiger partial charge in [0.2, 0.25) is 0 Å². The maximum atomic E-state index is 13.1. The third-order valence-corrected chi connectivity index (χ3v) is 8.03. The van der Waals surface area contributed by atoms with Crippen LogP contribution in [0.25, 0.3) is 0 Å². The number of carbonyl (C=O) groups is 1. The van der Waals surface area contributed by atoms with Gasteiger partial charge in [0.1, 0.15) is 0 Å². The van der Waals surface area contributed by atoms with E-state index in [2.05, 4.69) is 12.1 Å². The summed E-state index contributed by atoms with van der Waals surface area (Å²) in [6.45, 7) is 3.63. The summed E-state index contributed by atoms with van der Waals surface area (Å²) >= 11 is 0. The molecule has 0 radical (unpaired) electrons. The van der Waals surface area contributed by atoms with Crippen LogP contribution in [-0.2, 0) is 29.4 Å². The van der Waals surface area contributed by atoms with E-state index in [1.165, 1.54) is 15.4 Å². The highest BCUT2D eigenvalue weighted by Gasteiger charge is 2.32. The predicted molar refractivity (Wildman–Crippen MR) is 121 cm³/mol. The molecule has 2 aliphatic heterocycles. The molecule has 2 aliphatic rings. The van der Waals surface area contributed by atoms with E-state index in [-0.39, 0.29) is 10.8 Å². The Labute approximate surface area is 183 Å². The quantitative estimate of drug-likeness (QED) is 0.630. The number of carbonyl (C=O) groups excluding carboxylic acids is 1. The molecule has 0 spiro atoms. The van der Waals surface area contributed by atoms with Crippen LogP contribution >= 0.6 is 0 Å². The number of rotatable bonds is 3. The third kappa shape index (κ3) is 3.51. The summed E-state index contributed by atoms with van der Waals surface area (Å²) in [4.78, 5) is 15.3. The fourth-order valence-electron chi connectivity index (χ4n) is 4.44. The van der Waals surface area contributed by atoms with Crippen LogP contribution in [0.2, 0.25) is 0 Å². The zero-order valence-electron chi connectivity index (χ0n) is 17.4. The monoisotopic (exact) mass is 432 g/mol. The zero-order chi connectivity index (χ0) is 21.6. The van der Waals surface area contributed by atoms with Gasteiger partial charge in [-0.3, -0.25) is 9.10 Å². The molecule has 5 nitrogen and oxygen atoms in total. The van der Waals surface area contributed by atoms with E-state index in [1.807, 2.05) is 42.2 Å². The van der Waals surface area contributed by atoms with Gasteiger partial charge >= 0.3 is 0 Å². The molecule has 2 heterocycles. The highest BCUT2D eigenvalue weighted by atomic mass is 32.2. The molecule has 0 aliphatic carbocycles. The van der Waals surface area contributed by atoms with Crippen molar-refractivity contribution >= 4 is 21.6 Å². The van der Waals surface area contributed by atoms with Crippen molar-refractivity contribution in [1.29, 1.82) is 0 Å². The van der Waals surface area contributed by atoms with Crippen LogP contribution < -0.4 is 4.31 Å². The SMILES string of the molecule is Cc1ccc(S(=O)(=O)N2CCc3cc(C(=O)N4CCc5ccccc5C4)ccc32)cc1. The number of anilines is 1. The van der Waals surface area contributed by atoms with Crippen molar-refractivity contribution in [1.82, 2.24) is 4.90 Å². The van der Waals surface area contributed by atoms with Gasteiger partial charge in [-0.05, 0) is 66.8 Å². The van der Waals surface area contributed by atoms with Crippen molar-refractivity contribution in [3.05, 3.63) is 94.5 Å². The maximum Gasteiger partial charge on any atom is 0.264 e. The molecule has 0 saturated heterocycles. The highest BCUT2D eigenvalue weighted by Crippen LogP contribution is 2.34. The molecule has 0 aromatic heterocycles. The first kappa shape index (κ1) is 19.8. The largest absolute Gasteiger partial charge is 0.334 e. The summed E-state index contributed by atoms with van der Waals surface area (Å²) in [7, 11) is -3.62. The van der Waals surface area contributed by atoms with Crippen molar-refractivity contribution in [3.63, 3.8) is 0 Å². The molecule has 158 valence electrons. The molecular weight excluding hydrogens is 408 g/mol. The number of amides is 1. The number of hydrogen-bond acceptors (Lipinski definition) is 3. The number of fused-ring (bicyclic) bond motifs is 2. The Kier molecular flexibility index (Phi) is 4.82. The summed E-state index contributed by atoms with van der Waals surface area (Å²) in [5.41, 5.74) is 5.70. The fraction of sp³-hybridized carbons (Fsp3) is 0.240. The van der Waals surface area contributed by atoms with Crippen LogP contribution in [0.5, 0.6) is 0 Å². The lowest BCUT2D eigenvalue weighted by Gasteiger charge is -2.29. The molecular formula is C25H24N2O3S. The van der Waals surface area contributed by atoms with E-state index in [4.69, 9.17) is 0 Å². The summed E-state index contributed by atoms with van der Waals surface area (Å²) < 4.78 is 27.7. The van der Waals surface area contributed by atoms with Crippen molar-refractivity contribution in [2.45, 2.75) is 31.2 Å². The highest BCUT2D eigenvalue weighted by molar-refractivity contribution is 7.92. The van der Waals surface area contributed by atoms with E-state index in [9.17, 15) is 13.2 Å². The Morgan fingerprint density at radius 2 is 1.55 bits per heavy atom. The Hall–Kier alpha value is -3.12. The summed E-state index contributed by atoms with van der Waals surface area (Å²) in [6.07, 6.45) is 1.46. The molecule has 0 fully saturated rings. The molecule has 6 heteroatoms. The number of sulfonamides is 1. The van der Waals surface area contributed by atoms with Crippen molar-refractivity contribution in [3.8, 4) is 0 Å². The van der Waals surface area contributed by atoms with E-state index in [0.29, 0.717) is 37.3 Å². The second kappa shape index (κ2) is 7.54. The lowest BCUT2D eigenvalue weighted by atomic mass is 9.99. The summed E-state index contributed by atoms with van der Waals surface area (Å²) in [5, 5.41) is 0. The number of nitrogens with zero attached hydrogens (tertiary/aromatic N) is 2.